The largest absolute Gasteiger partial charge is 0.415 e. The Hall–Kier alpha value is -1.18. The normalized spacial score (nSPS) is 21.1. The van der Waals surface area contributed by atoms with Gasteiger partial charge in [-0.05, 0) is 68.3 Å². The molecule has 1 saturated carbocycles. The molecular formula is C24H40ClN5OSi. The van der Waals surface area contributed by atoms with E-state index in [9.17, 15) is 0 Å². The fourth-order valence-corrected chi connectivity index (χ4v) is 6.16. The summed E-state index contributed by atoms with van der Waals surface area (Å²) in [7, 11) is -1.80. The SMILES string of the molecule is Cc1nn(CC2CCCCC2)c2nc(Cl)nc(N3CCCC3CO[Si](C)(C)C(C)(C)C)c12. The number of hydrogen-bond donors (Lipinski definition) is 0. The monoisotopic (exact) mass is 477 g/mol. The second-order valence-corrected chi connectivity index (χ2v) is 16.5. The first-order valence-corrected chi connectivity index (χ1v) is 15.7. The number of nitrogens with zero attached hydrogens (tertiary/aromatic N) is 5. The van der Waals surface area contributed by atoms with E-state index in [0.717, 1.165) is 55.1 Å². The van der Waals surface area contributed by atoms with Gasteiger partial charge in [-0.15, -0.1) is 0 Å². The lowest BCUT2D eigenvalue weighted by atomic mass is 9.89. The molecule has 178 valence electrons. The van der Waals surface area contributed by atoms with Gasteiger partial charge in [-0.3, -0.25) is 0 Å². The van der Waals surface area contributed by atoms with Crippen molar-refractivity contribution in [2.75, 3.05) is 18.1 Å². The molecule has 6 nitrogen and oxygen atoms in total. The molecular weight excluding hydrogens is 438 g/mol. The molecule has 32 heavy (non-hydrogen) atoms. The maximum Gasteiger partial charge on any atom is 0.226 e. The van der Waals surface area contributed by atoms with Crippen LogP contribution in [-0.2, 0) is 11.0 Å². The molecule has 1 atom stereocenters. The van der Waals surface area contributed by atoms with E-state index < -0.39 is 8.32 Å². The number of aromatic nitrogens is 4. The Labute approximate surface area is 199 Å². The molecule has 8 heteroatoms. The summed E-state index contributed by atoms with van der Waals surface area (Å²) in [6, 6.07) is 0.319. The van der Waals surface area contributed by atoms with Crippen LogP contribution in [0.15, 0.2) is 0 Å². The van der Waals surface area contributed by atoms with Gasteiger partial charge in [0.15, 0.2) is 14.0 Å². The van der Waals surface area contributed by atoms with Gasteiger partial charge in [-0.2, -0.15) is 15.1 Å². The van der Waals surface area contributed by atoms with Gasteiger partial charge in [0.2, 0.25) is 5.28 Å². The van der Waals surface area contributed by atoms with Gasteiger partial charge >= 0.3 is 0 Å². The fourth-order valence-electron chi connectivity index (χ4n) is 4.96. The first kappa shape index (κ1) is 24.0. The zero-order valence-corrected chi connectivity index (χ0v) is 22.5. The zero-order chi connectivity index (χ0) is 23.1. The summed E-state index contributed by atoms with van der Waals surface area (Å²) < 4.78 is 8.70. The molecule has 0 N–H and O–H groups in total. The molecule has 2 fully saturated rings. The summed E-state index contributed by atoms with van der Waals surface area (Å²) in [5.74, 6) is 1.62. The number of hydrogen-bond acceptors (Lipinski definition) is 5. The third-order valence-electron chi connectivity index (χ3n) is 7.97. The van der Waals surface area contributed by atoms with E-state index >= 15 is 0 Å². The van der Waals surface area contributed by atoms with Crippen molar-refractivity contribution in [2.24, 2.45) is 5.92 Å². The summed E-state index contributed by atoms with van der Waals surface area (Å²) in [6.07, 6.45) is 8.84. The second kappa shape index (κ2) is 9.22. The van der Waals surface area contributed by atoms with Crippen LogP contribution in [0.5, 0.6) is 0 Å². The maximum atomic E-state index is 6.61. The van der Waals surface area contributed by atoms with Crippen LogP contribution in [0.4, 0.5) is 5.82 Å². The average Bonchev–Trinajstić information content (AvgIpc) is 3.31. The third kappa shape index (κ3) is 4.85. The van der Waals surface area contributed by atoms with Crippen LogP contribution in [-0.4, -0.2) is 47.3 Å². The van der Waals surface area contributed by atoms with Crippen molar-refractivity contribution in [2.45, 2.75) is 103 Å². The molecule has 0 amide bonds. The highest BCUT2D eigenvalue weighted by Crippen LogP contribution is 2.38. The summed E-state index contributed by atoms with van der Waals surface area (Å²) >= 11 is 6.47. The van der Waals surface area contributed by atoms with Gasteiger partial charge in [-0.1, -0.05) is 40.0 Å². The fraction of sp³-hybridized carbons (Fsp3) is 0.792. The molecule has 2 aromatic heterocycles. The molecule has 0 spiro atoms. The molecule has 3 heterocycles. The van der Waals surface area contributed by atoms with Crippen LogP contribution in [0.3, 0.4) is 0 Å². The summed E-state index contributed by atoms with van der Waals surface area (Å²) in [6.45, 7) is 16.3. The molecule has 2 aromatic rings. The van der Waals surface area contributed by atoms with Gasteiger partial charge in [0.25, 0.3) is 0 Å². The number of anilines is 1. The minimum absolute atomic E-state index is 0.207. The molecule has 1 saturated heterocycles. The van der Waals surface area contributed by atoms with Crippen LogP contribution in [0, 0.1) is 12.8 Å². The number of rotatable bonds is 6. The van der Waals surface area contributed by atoms with Crippen molar-refractivity contribution in [3.8, 4) is 0 Å². The van der Waals surface area contributed by atoms with Crippen LogP contribution < -0.4 is 4.90 Å². The quantitative estimate of drug-likeness (QED) is 0.358. The van der Waals surface area contributed by atoms with Gasteiger partial charge in [-0.25, -0.2) is 4.68 Å². The van der Waals surface area contributed by atoms with Crippen molar-refractivity contribution in [3.63, 3.8) is 0 Å². The van der Waals surface area contributed by atoms with Gasteiger partial charge in [0.05, 0.1) is 23.7 Å². The van der Waals surface area contributed by atoms with Crippen molar-refractivity contribution in [1.29, 1.82) is 0 Å². The lowest BCUT2D eigenvalue weighted by Gasteiger charge is -2.38. The van der Waals surface area contributed by atoms with E-state index in [-0.39, 0.29) is 5.04 Å². The Balaban J connectivity index is 1.61. The minimum Gasteiger partial charge on any atom is -0.415 e. The highest BCUT2D eigenvalue weighted by atomic mass is 35.5. The Kier molecular flexibility index (Phi) is 6.90. The molecule has 0 aromatic carbocycles. The van der Waals surface area contributed by atoms with Gasteiger partial charge in [0, 0.05) is 13.1 Å². The van der Waals surface area contributed by atoms with E-state index in [4.69, 9.17) is 26.1 Å². The van der Waals surface area contributed by atoms with Crippen molar-refractivity contribution in [1.82, 2.24) is 19.7 Å². The molecule has 1 unspecified atom stereocenters. The van der Waals surface area contributed by atoms with Crippen LogP contribution in [0.2, 0.25) is 23.4 Å². The first-order chi connectivity index (χ1) is 15.1. The third-order valence-corrected chi connectivity index (χ3v) is 12.6. The Morgan fingerprint density at radius 2 is 1.78 bits per heavy atom. The Morgan fingerprint density at radius 3 is 2.47 bits per heavy atom. The summed E-state index contributed by atoms with van der Waals surface area (Å²) in [5.41, 5.74) is 1.89. The molecule has 1 aliphatic heterocycles. The highest BCUT2D eigenvalue weighted by molar-refractivity contribution is 6.74. The maximum absolute atomic E-state index is 6.61. The van der Waals surface area contributed by atoms with E-state index in [1.807, 2.05) is 0 Å². The van der Waals surface area contributed by atoms with E-state index in [2.05, 4.69) is 55.4 Å². The van der Waals surface area contributed by atoms with E-state index in [1.54, 1.807) is 0 Å². The Morgan fingerprint density at radius 1 is 1.06 bits per heavy atom. The molecule has 1 aliphatic carbocycles. The highest BCUT2D eigenvalue weighted by Gasteiger charge is 2.39. The van der Waals surface area contributed by atoms with E-state index in [0.29, 0.717) is 17.2 Å². The molecule has 4 rings (SSSR count). The smallest absolute Gasteiger partial charge is 0.226 e. The van der Waals surface area contributed by atoms with Crippen LogP contribution >= 0.6 is 11.6 Å². The van der Waals surface area contributed by atoms with Gasteiger partial charge < -0.3 is 9.33 Å². The topological polar surface area (TPSA) is 56.1 Å². The predicted molar refractivity (Wildman–Crippen MR) is 135 cm³/mol. The second-order valence-electron chi connectivity index (χ2n) is 11.3. The minimum atomic E-state index is -1.80. The van der Waals surface area contributed by atoms with Crippen molar-refractivity contribution < 1.29 is 4.43 Å². The first-order valence-electron chi connectivity index (χ1n) is 12.4. The lowest BCUT2D eigenvalue weighted by molar-refractivity contribution is 0.263. The molecule has 0 radical (unpaired) electrons. The number of halogens is 1. The summed E-state index contributed by atoms with van der Waals surface area (Å²) in [5, 5.41) is 6.48. The summed E-state index contributed by atoms with van der Waals surface area (Å²) in [4.78, 5) is 11.8. The van der Waals surface area contributed by atoms with Gasteiger partial charge in [0.1, 0.15) is 5.82 Å². The van der Waals surface area contributed by atoms with E-state index in [1.165, 1.54) is 32.1 Å². The number of fused-ring (bicyclic) bond motifs is 1. The molecule has 0 bridgehead atoms. The van der Waals surface area contributed by atoms with Crippen molar-refractivity contribution >= 4 is 36.8 Å². The average molecular weight is 478 g/mol. The van der Waals surface area contributed by atoms with Crippen LogP contribution in [0.1, 0.15) is 71.4 Å². The zero-order valence-electron chi connectivity index (χ0n) is 20.7. The standard InChI is InChI=1S/C24H40ClN5OSi/c1-17-20-21(29-14-10-13-19(29)16-31-32(5,6)24(2,3)4)26-23(25)27-22(20)30(28-17)15-18-11-8-7-9-12-18/h18-19H,7-16H2,1-6H3. The predicted octanol–water partition coefficient (Wildman–Crippen LogP) is 6.36. The van der Waals surface area contributed by atoms with Crippen molar-refractivity contribution in [3.05, 3.63) is 11.0 Å². The Bertz CT molecular complexity index is 948. The molecule has 2 aliphatic rings. The lowest BCUT2D eigenvalue weighted by Crippen LogP contribution is -2.45. The number of aryl methyl sites for hydroxylation is 1. The van der Waals surface area contributed by atoms with Crippen LogP contribution in [0.25, 0.3) is 11.0 Å².